The van der Waals surface area contributed by atoms with Crippen molar-refractivity contribution >= 4 is 15.9 Å². The maximum absolute atomic E-state index is 11.8. The van der Waals surface area contributed by atoms with Gasteiger partial charge in [-0.15, -0.1) is 0 Å². The van der Waals surface area contributed by atoms with Crippen LogP contribution in [0.2, 0.25) is 0 Å². The molecule has 0 saturated carbocycles. The number of hydrogen-bond donors (Lipinski definition) is 0. The molecule has 5 heteroatoms. The van der Waals surface area contributed by atoms with Crippen LogP contribution in [-0.4, -0.2) is 9.97 Å². The summed E-state index contributed by atoms with van der Waals surface area (Å²) in [7, 11) is 0. The molecule has 10 heavy (non-hydrogen) atoms. The lowest BCUT2D eigenvalue weighted by atomic mass is 10.4. The minimum atomic E-state index is -2.53. The molecule has 0 unspecified atom stereocenters. The van der Waals surface area contributed by atoms with Crippen molar-refractivity contribution in [1.29, 1.82) is 0 Å². The first kappa shape index (κ1) is 7.53. The van der Waals surface area contributed by atoms with Gasteiger partial charge in [0, 0.05) is 0 Å². The molecule has 2 nitrogen and oxygen atoms in total. The average molecular weight is 209 g/mol. The van der Waals surface area contributed by atoms with Crippen molar-refractivity contribution in [1.82, 2.24) is 9.97 Å². The first-order valence-electron chi connectivity index (χ1n) is 2.46. The van der Waals surface area contributed by atoms with E-state index in [0.29, 0.717) is 4.60 Å². The number of hydrogen-bond acceptors (Lipinski definition) is 2. The maximum Gasteiger partial charge on any atom is 0.280 e. The Morgan fingerprint density at radius 3 is 2.50 bits per heavy atom. The fourth-order valence-corrected chi connectivity index (χ4v) is 0.793. The van der Waals surface area contributed by atoms with Gasteiger partial charge in [0.2, 0.25) is 0 Å². The van der Waals surface area contributed by atoms with Crippen molar-refractivity contribution in [2.45, 2.75) is 6.43 Å². The van der Waals surface area contributed by atoms with Gasteiger partial charge in [0.05, 0.1) is 0 Å². The van der Waals surface area contributed by atoms with Crippen molar-refractivity contribution in [2.75, 3.05) is 0 Å². The number of alkyl halides is 2. The SMILES string of the molecule is FC(F)c1cc(Br)ncn1. The Bertz CT molecular complexity index is 229. The fraction of sp³-hybridized carbons (Fsp3) is 0.200. The zero-order chi connectivity index (χ0) is 7.56. The van der Waals surface area contributed by atoms with E-state index in [9.17, 15) is 8.78 Å². The standard InChI is InChI=1S/C5H3BrF2N2/c6-4-1-3(5(7)8)9-2-10-4/h1-2,5H. The van der Waals surface area contributed by atoms with E-state index in [0.717, 1.165) is 6.33 Å². The van der Waals surface area contributed by atoms with Crippen LogP contribution in [-0.2, 0) is 0 Å². The molecule has 0 N–H and O–H groups in total. The predicted molar refractivity (Wildman–Crippen MR) is 34.7 cm³/mol. The molecule has 54 valence electrons. The van der Waals surface area contributed by atoms with E-state index in [1.54, 1.807) is 0 Å². The molecule has 1 heterocycles. The summed E-state index contributed by atoms with van der Waals surface area (Å²) in [4.78, 5) is 6.94. The normalized spacial score (nSPS) is 10.4. The largest absolute Gasteiger partial charge is 0.280 e. The first-order chi connectivity index (χ1) is 4.70. The number of halogens is 3. The first-order valence-corrected chi connectivity index (χ1v) is 3.25. The highest BCUT2D eigenvalue weighted by atomic mass is 79.9. The minimum absolute atomic E-state index is 0.262. The second-order valence-corrected chi connectivity index (χ2v) is 2.38. The summed E-state index contributed by atoms with van der Waals surface area (Å²) < 4.78 is 24.0. The molecule has 1 rings (SSSR count). The Kier molecular flexibility index (Phi) is 2.26. The zero-order valence-corrected chi connectivity index (χ0v) is 6.35. The van der Waals surface area contributed by atoms with Crippen LogP contribution >= 0.6 is 15.9 Å². The van der Waals surface area contributed by atoms with Crippen molar-refractivity contribution in [3.8, 4) is 0 Å². The Morgan fingerprint density at radius 1 is 1.40 bits per heavy atom. The van der Waals surface area contributed by atoms with Gasteiger partial charge in [-0.2, -0.15) is 0 Å². The summed E-state index contributed by atoms with van der Waals surface area (Å²) in [5.74, 6) is 0. The zero-order valence-electron chi connectivity index (χ0n) is 4.76. The van der Waals surface area contributed by atoms with Gasteiger partial charge in [0.15, 0.2) is 0 Å². The summed E-state index contributed by atoms with van der Waals surface area (Å²) in [6, 6.07) is 1.19. The quantitative estimate of drug-likeness (QED) is 0.662. The second-order valence-electron chi connectivity index (χ2n) is 1.57. The van der Waals surface area contributed by atoms with Gasteiger partial charge in [0.1, 0.15) is 16.6 Å². The molecule has 0 aliphatic carbocycles. The van der Waals surface area contributed by atoms with Crippen LogP contribution in [0.4, 0.5) is 8.78 Å². The van der Waals surface area contributed by atoms with E-state index in [-0.39, 0.29) is 5.69 Å². The van der Waals surface area contributed by atoms with Crippen LogP contribution in [0.25, 0.3) is 0 Å². The summed E-state index contributed by atoms with van der Waals surface area (Å²) in [6.07, 6.45) is -1.44. The molecule has 0 aliphatic rings. The number of aromatic nitrogens is 2. The molecular weight excluding hydrogens is 206 g/mol. The topological polar surface area (TPSA) is 25.8 Å². The highest BCUT2D eigenvalue weighted by molar-refractivity contribution is 9.10. The second kappa shape index (κ2) is 3.01. The lowest BCUT2D eigenvalue weighted by Crippen LogP contribution is -1.90. The van der Waals surface area contributed by atoms with Crippen LogP contribution in [0.15, 0.2) is 17.0 Å². The van der Waals surface area contributed by atoms with Gasteiger partial charge in [-0.25, -0.2) is 18.7 Å². The Balaban J connectivity index is 2.96. The summed E-state index contributed by atoms with van der Waals surface area (Å²) in [5, 5.41) is 0. The third kappa shape index (κ3) is 1.70. The van der Waals surface area contributed by atoms with Crippen LogP contribution in [0.5, 0.6) is 0 Å². The molecule has 0 aliphatic heterocycles. The molecule has 0 saturated heterocycles. The molecular formula is C5H3BrF2N2. The van der Waals surface area contributed by atoms with E-state index in [2.05, 4.69) is 25.9 Å². The van der Waals surface area contributed by atoms with E-state index in [1.165, 1.54) is 6.07 Å². The van der Waals surface area contributed by atoms with Crippen molar-refractivity contribution < 1.29 is 8.78 Å². The van der Waals surface area contributed by atoms with E-state index in [1.807, 2.05) is 0 Å². The highest BCUT2D eigenvalue weighted by Gasteiger charge is 2.07. The van der Waals surface area contributed by atoms with Gasteiger partial charge in [0.25, 0.3) is 6.43 Å². The maximum atomic E-state index is 11.8. The lowest BCUT2D eigenvalue weighted by molar-refractivity contribution is 0.146. The van der Waals surface area contributed by atoms with Crippen molar-refractivity contribution in [2.24, 2.45) is 0 Å². The molecule has 0 fully saturated rings. The van der Waals surface area contributed by atoms with E-state index >= 15 is 0 Å². The van der Waals surface area contributed by atoms with E-state index in [4.69, 9.17) is 0 Å². The Morgan fingerprint density at radius 2 is 2.10 bits per heavy atom. The monoisotopic (exact) mass is 208 g/mol. The molecule has 0 amide bonds. The van der Waals surface area contributed by atoms with Crippen molar-refractivity contribution in [3.63, 3.8) is 0 Å². The molecule has 1 aromatic rings. The minimum Gasteiger partial charge on any atom is -0.235 e. The average Bonchev–Trinajstić information content (AvgIpc) is 1.88. The highest BCUT2D eigenvalue weighted by Crippen LogP contribution is 2.17. The third-order valence-electron chi connectivity index (χ3n) is 0.878. The predicted octanol–water partition coefficient (Wildman–Crippen LogP) is 2.18. The van der Waals surface area contributed by atoms with Crippen LogP contribution in [0.1, 0.15) is 12.1 Å². The molecule has 0 aromatic carbocycles. The van der Waals surface area contributed by atoms with Gasteiger partial charge in [-0.3, -0.25) is 0 Å². The fourth-order valence-electron chi connectivity index (χ4n) is 0.467. The molecule has 1 aromatic heterocycles. The molecule has 0 spiro atoms. The van der Waals surface area contributed by atoms with Crippen LogP contribution < -0.4 is 0 Å². The summed E-state index contributed by atoms with van der Waals surface area (Å²) >= 11 is 2.95. The summed E-state index contributed by atoms with van der Waals surface area (Å²) in [6.45, 7) is 0. The van der Waals surface area contributed by atoms with Crippen LogP contribution in [0.3, 0.4) is 0 Å². The molecule has 0 bridgehead atoms. The number of nitrogens with zero attached hydrogens (tertiary/aromatic N) is 2. The van der Waals surface area contributed by atoms with Gasteiger partial charge >= 0.3 is 0 Å². The number of rotatable bonds is 1. The third-order valence-corrected chi connectivity index (χ3v) is 1.31. The smallest absolute Gasteiger partial charge is 0.235 e. The van der Waals surface area contributed by atoms with E-state index < -0.39 is 6.43 Å². The van der Waals surface area contributed by atoms with Gasteiger partial charge in [-0.1, -0.05) is 0 Å². The van der Waals surface area contributed by atoms with Crippen molar-refractivity contribution in [3.05, 3.63) is 22.7 Å². The van der Waals surface area contributed by atoms with Crippen LogP contribution in [0, 0.1) is 0 Å². The Labute approximate surface area is 64.4 Å². The Hall–Kier alpha value is -0.580. The molecule has 0 atom stereocenters. The molecule has 0 radical (unpaired) electrons. The van der Waals surface area contributed by atoms with Gasteiger partial charge in [-0.05, 0) is 22.0 Å². The lowest BCUT2D eigenvalue weighted by Gasteiger charge is -1.95. The van der Waals surface area contributed by atoms with Gasteiger partial charge < -0.3 is 0 Å². The summed E-state index contributed by atoms with van der Waals surface area (Å²) in [5.41, 5.74) is -0.262.